The highest BCUT2D eigenvalue weighted by molar-refractivity contribution is 7.87. The molecule has 0 saturated heterocycles. The van der Waals surface area contributed by atoms with E-state index in [1.165, 1.54) is 22.2 Å². The predicted octanol–water partition coefficient (Wildman–Crippen LogP) is 5.93. The number of hydrogen-bond donors (Lipinski definition) is 0. The lowest BCUT2D eigenvalue weighted by Crippen LogP contribution is -2.19. The Morgan fingerprint density at radius 2 is 1.36 bits per heavy atom. The summed E-state index contributed by atoms with van der Waals surface area (Å²) in [6.45, 7) is 10.3. The molecule has 0 nitrogen and oxygen atoms in total. The van der Waals surface area contributed by atoms with Crippen molar-refractivity contribution in [2.75, 3.05) is 6.66 Å². The molecule has 0 unspecified atom stereocenters. The average Bonchev–Trinajstić information content (AvgIpc) is 2.61. The van der Waals surface area contributed by atoms with Crippen LogP contribution in [0.2, 0.25) is 25.7 Å². The van der Waals surface area contributed by atoms with E-state index in [4.69, 9.17) is 0 Å². The highest BCUT2D eigenvalue weighted by atomic mass is 31.2. The van der Waals surface area contributed by atoms with E-state index in [1.54, 1.807) is 0 Å². The molecule has 0 spiro atoms. The zero-order valence-electron chi connectivity index (χ0n) is 16.2. The fourth-order valence-corrected chi connectivity index (χ4v) is 7.21. The molecule has 2 heteroatoms. The van der Waals surface area contributed by atoms with Crippen LogP contribution < -0.4 is 10.6 Å². The van der Waals surface area contributed by atoms with Crippen molar-refractivity contribution in [1.29, 1.82) is 0 Å². The van der Waals surface area contributed by atoms with Crippen molar-refractivity contribution < 1.29 is 0 Å². The van der Waals surface area contributed by atoms with E-state index in [-0.39, 0.29) is 0 Å². The summed E-state index contributed by atoms with van der Waals surface area (Å²) in [5.41, 5.74) is 1.46. The maximum atomic E-state index is 2.45. The summed E-state index contributed by atoms with van der Waals surface area (Å²) in [6, 6.07) is 23.1. The Kier molecular flexibility index (Phi) is 6.87. The lowest BCUT2D eigenvalue weighted by atomic mass is 10.3. The second-order valence-corrected chi connectivity index (χ2v) is 16.8. The second kappa shape index (κ2) is 8.69. The number of hydrogen-bond acceptors (Lipinski definition) is 0. The van der Waals surface area contributed by atoms with E-state index in [2.05, 4.69) is 118 Å². The molecule has 2 rings (SSSR count). The molecule has 2 aromatic rings. The van der Waals surface area contributed by atoms with Crippen molar-refractivity contribution in [1.82, 2.24) is 0 Å². The molecule has 25 heavy (non-hydrogen) atoms. The first-order valence-electron chi connectivity index (χ1n) is 9.00. The maximum absolute atomic E-state index is 2.45. The molecule has 0 aliphatic carbocycles. The largest absolute Gasteiger partial charge is 0.0847 e. The first-order valence-corrected chi connectivity index (χ1v) is 15.0. The molecule has 0 aromatic heterocycles. The van der Waals surface area contributed by atoms with E-state index >= 15 is 0 Å². The molecule has 0 atom stereocenters. The van der Waals surface area contributed by atoms with E-state index in [9.17, 15) is 0 Å². The van der Waals surface area contributed by atoms with Crippen LogP contribution in [0.15, 0.2) is 84.5 Å². The molecule has 0 saturated carbocycles. The van der Waals surface area contributed by atoms with Crippen LogP contribution in [0.25, 0.3) is 0 Å². The topological polar surface area (TPSA) is 0 Å². The quantitative estimate of drug-likeness (QED) is 0.338. The second-order valence-electron chi connectivity index (χ2n) is 7.86. The van der Waals surface area contributed by atoms with Crippen molar-refractivity contribution in [3.05, 3.63) is 84.5 Å². The number of benzene rings is 2. The third-order valence-electron chi connectivity index (χ3n) is 4.38. The highest BCUT2D eigenvalue weighted by Gasteiger charge is 2.16. The van der Waals surface area contributed by atoms with Crippen LogP contribution in [0.3, 0.4) is 0 Å². The molecule has 0 bridgehead atoms. The van der Waals surface area contributed by atoms with Gasteiger partial charge in [-0.3, -0.25) is 0 Å². The summed E-state index contributed by atoms with van der Waals surface area (Å²) in [5.74, 6) is 2.45. The average molecular weight is 367 g/mol. The van der Waals surface area contributed by atoms with Crippen LogP contribution >= 0.6 is 6.89 Å². The van der Waals surface area contributed by atoms with Gasteiger partial charge in [-0.05, 0) is 30.2 Å². The minimum atomic E-state index is -1.52. The van der Waals surface area contributed by atoms with Gasteiger partial charge < -0.3 is 0 Å². The zero-order valence-corrected chi connectivity index (χ0v) is 18.1. The van der Waals surface area contributed by atoms with E-state index < -0.39 is 15.0 Å². The monoisotopic (exact) mass is 366 g/mol. The van der Waals surface area contributed by atoms with E-state index in [1.807, 2.05) is 0 Å². The Labute approximate surface area is 155 Å². The van der Waals surface area contributed by atoms with Crippen molar-refractivity contribution >= 4 is 31.4 Å². The molecular weight excluding hydrogens is 335 g/mol. The van der Waals surface area contributed by atoms with Gasteiger partial charge in [0.2, 0.25) is 0 Å². The lowest BCUT2D eigenvalue weighted by molar-refractivity contribution is 1.38. The molecule has 0 heterocycles. The van der Waals surface area contributed by atoms with Gasteiger partial charge in [0.15, 0.2) is 0 Å². The molecule has 0 fully saturated rings. The van der Waals surface area contributed by atoms with Crippen LogP contribution in [0.5, 0.6) is 0 Å². The van der Waals surface area contributed by atoms with Crippen molar-refractivity contribution in [3.8, 4) is 0 Å². The van der Waals surface area contributed by atoms with Gasteiger partial charge in [-0.1, -0.05) is 117 Å². The summed E-state index contributed by atoms with van der Waals surface area (Å²) in [6.07, 6.45) is 6.88. The lowest BCUT2D eigenvalue weighted by Gasteiger charge is -2.22. The Morgan fingerprint density at radius 3 is 1.76 bits per heavy atom. The van der Waals surface area contributed by atoms with Crippen molar-refractivity contribution in [3.63, 3.8) is 0 Å². The van der Waals surface area contributed by atoms with Gasteiger partial charge in [0, 0.05) is 8.07 Å². The standard InChI is InChI=1S/C23H31PSi/c1-6-21(20-25(3,4)5)14-13-19-24(2,22-15-9-7-10-16-22)23-17-11-8-12-18-23/h6-19H,20H2,1-5H3/b14-13+,21-6+. The summed E-state index contributed by atoms with van der Waals surface area (Å²) in [7, 11) is -1.09. The SMILES string of the molecule is C/C=C(\C=C\C=P(C)(c1ccccc1)c1ccccc1)C[Si](C)(C)C. The van der Waals surface area contributed by atoms with Crippen LogP contribution in [-0.2, 0) is 0 Å². The molecule has 0 radical (unpaired) electrons. The fourth-order valence-electron chi connectivity index (χ4n) is 3.00. The van der Waals surface area contributed by atoms with Crippen molar-refractivity contribution in [2.45, 2.75) is 32.6 Å². The van der Waals surface area contributed by atoms with Gasteiger partial charge in [-0.25, -0.2) is 0 Å². The van der Waals surface area contributed by atoms with Crippen LogP contribution in [0, 0.1) is 0 Å². The van der Waals surface area contributed by atoms with Gasteiger partial charge in [0.05, 0.1) is 0 Å². The third-order valence-corrected chi connectivity index (χ3v) is 9.36. The van der Waals surface area contributed by atoms with Crippen LogP contribution in [-0.4, -0.2) is 20.5 Å². The minimum absolute atomic E-state index is 1.09. The molecular formula is C23H31PSi. The molecule has 2 aromatic carbocycles. The Balaban J connectivity index is 2.43. The first-order chi connectivity index (χ1) is 11.8. The van der Waals surface area contributed by atoms with E-state index in [0.717, 1.165) is 0 Å². The molecule has 0 aliphatic heterocycles. The summed E-state index contributed by atoms with van der Waals surface area (Å²) < 4.78 is 0. The Bertz CT molecular complexity index is 734. The molecule has 0 amide bonds. The Hall–Kier alpha value is -1.56. The van der Waals surface area contributed by atoms with Crippen molar-refractivity contribution in [2.24, 2.45) is 0 Å². The predicted molar refractivity (Wildman–Crippen MR) is 122 cm³/mol. The van der Waals surface area contributed by atoms with Gasteiger partial charge >= 0.3 is 0 Å². The maximum Gasteiger partial charge on any atom is 0.0486 e. The number of allylic oxidation sites excluding steroid dienone is 4. The first kappa shape index (κ1) is 19.8. The highest BCUT2D eigenvalue weighted by Crippen LogP contribution is 2.40. The summed E-state index contributed by atoms with van der Waals surface area (Å²) in [5, 5.41) is 2.86. The minimum Gasteiger partial charge on any atom is -0.0847 e. The van der Waals surface area contributed by atoms with Gasteiger partial charge in [0.25, 0.3) is 0 Å². The fraction of sp³-hybridized carbons (Fsp3) is 0.261. The van der Waals surface area contributed by atoms with Gasteiger partial charge in [0.1, 0.15) is 0 Å². The number of rotatable bonds is 6. The zero-order chi connectivity index (χ0) is 18.3. The van der Waals surface area contributed by atoms with Crippen LogP contribution in [0.4, 0.5) is 0 Å². The Morgan fingerprint density at radius 1 is 0.880 bits per heavy atom. The summed E-state index contributed by atoms with van der Waals surface area (Å²) >= 11 is 0. The molecule has 0 N–H and O–H groups in total. The molecule has 132 valence electrons. The van der Waals surface area contributed by atoms with Crippen LogP contribution in [0.1, 0.15) is 6.92 Å². The normalized spacial score (nSPS) is 13.2. The van der Waals surface area contributed by atoms with E-state index in [0.29, 0.717) is 0 Å². The smallest absolute Gasteiger partial charge is 0.0486 e. The summed E-state index contributed by atoms with van der Waals surface area (Å²) in [4.78, 5) is 0. The molecule has 0 aliphatic rings. The van der Waals surface area contributed by atoms with Gasteiger partial charge in [-0.15, -0.1) is 0 Å². The third kappa shape index (κ3) is 5.73. The van der Waals surface area contributed by atoms with Gasteiger partial charge in [-0.2, -0.15) is 0 Å².